The Hall–Kier alpha value is -2.07. The molecule has 0 unspecified atom stereocenters. The molecule has 0 atom stereocenters. The Morgan fingerprint density at radius 2 is 1.90 bits per heavy atom. The molecule has 20 heavy (non-hydrogen) atoms. The zero-order chi connectivity index (χ0) is 14.2. The molecular weight excluding hydrogens is 252 g/mol. The van der Waals surface area contributed by atoms with E-state index in [4.69, 9.17) is 9.47 Å². The maximum absolute atomic E-state index is 5.73. The van der Waals surface area contributed by atoms with Crippen LogP contribution >= 0.6 is 0 Å². The van der Waals surface area contributed by atoms with Crippen molar-refractivity contribution in [1.82, 2.24) is 4.98 Å². The first-order chi connectivity index (χ1) is 9.81. The monoisotopic (exact) mass is 272 g/mol. The fourth-order valence-electron chi connectivity index (χ4n) is 1.89. The maximum atomic E-state index is 5.73. The van der Waals surface area contributed by atoms with E-state index in [0.717, 1.165) is 29.2 Å². The first-order valence-electron chi connectivity index (χ1n) is 6.71. The van der Waals surface area contributed by atoms with Gasteiger partial charge in [-0.05, 0) is 42.3 Å². The predicted molar refractivity (Wildman–Crippen MR) is 79.9 cm³/mol. The van der Waals surface area contributed by atoms with Gasteiger partial charge in [-0.25, -0.2) is 4.98 Å². The summed E-state index contributed by atoms with van der Waals surface area (Å²) in [6.45, 7) is 4.04. The SMILES string of the molecule is CCNc1cc(COCc2cccc(OC)c2)ccn1. The standard InChI is InChI=1S/C16H20N2O2/c1-3-17-16-10-14(7-8-18-16)12-20-11-13-5-4-6-15(9-13)19-2/h4-10H,3,11-12H2,1-2H3,(H,17,18). The molecule has 2 aromatic rings. The summed E-state index contributed by atoms with van der Waals surface area (Å²) in [5.41, 5.74) is 2.21. The topological polar surface area (TPSA) is 43.4 Å². The molecule has 0 aliphatic rings. The van der Waals surface area contributed by atoms with Crippen LogP contribution in [0.25, 0.3) is 0 Å². The van der Waals surface area contributed by atoms with Gasteiger partial charge in [0, 0.05) is 12.7 Å². The van der Waals surface area contributed by atoms with Crippen molar-refractivity contribution in [2.75, 3.05) is 19.0 Å². The lowest BCUT2D eigenvalue weighted by Crippen LogP contribution is -2.00. The van der Waals surface area contributed by atoms with Crippen molar-refractivity contribution in [1.29, 1.82) is 0 Å². The van der Waals surface area contributed by atoms with Gasteiger partial charge in [0.05, 0.1) is 20.3 Å². The second-order valence-corrected chi connectivity index (χ2v) is 4.42. The number of nitrogens with one attached hydrogen (secondary N) is 1. The lowest BCUT2D eigenvalue weighted by molar-refractivity contribution is 0.107. The lowest BCUT2D eigenvalue weighted by atomic mass is 10.2. The highest BCUT2D eigenvalue weighted by Crippen LogP contribution is 2.14. The summed E-state index contributed by atoms with van der Waals surface area (Å²) in [6, 6.07) is 11.9. The zero-order valence-electron chi connectivity index (χ0n) is 11.9. The molecule has 0 saturated carbocycles. The molecular formula is C16H20N2O2. The number of hydrogen-bond donors (Lipinski definition) is 1. The number of benzene rings is 1. The van der Waals surface area contributed by atoms with E-state index >= 15 is 0 Å². The van der Waals surface area contributed by atoms with E-state index < -0.39 is 0 Å². The summed E-state index contributed by atoms with van der Waals surface area (Å²) in [7, 11) is 1.67. The molecule has 4 nitrogen and oxygen atoms in total. The minimum atomic E-state index is 0.566. The summed E-state index contributed by atoms with van der Waals surface area (Å²) in [5, 5.41) is 3.19. The van der Waals surface area contributed by atoms with E-state index in [9.17, 15) is 0 Å². The quantitative estimate of drug-likeness (QED) is 0.840. The van der Waals surface area contributed by atoms with Crippen LogP contribution in [0.4, 0.5) is 5.82 Å². The van der Waals surface area contributed by atoms with Gasteiger partial charge < -0.3 is 14.8 Å². The summed E-state index contributed by atoms with van der Waals surface area (Å²) >= 11 is 0. The number of aromatic nitrogens is 1. The summed E-state index contributed by atoms with van der Waals surface area (Å²) in [6.07, 6.45) is 1.79. The fraction of sp³-hybridized carbons (Fsp3) is 0.312. The van der Waals surface area contributed by atoms with Crippen LogP contribution in [0, 0.1) is 0 Å². The van der Waals surface area contributed by atoms with E-state index in [1.54, 1.807) is 13.3 Å². The average Bonchev–Trinajstić information content (AvgIpc) is 2.48. The Morgan fingerprint density at radius 3 is 2.65 bits per heavy atom. The van der Waals surface area contributed by atoms with Gasteiger partial charge in [0.25, 0.3) is 0 Å². The molecule has 0 spiro atoms. The third-order valence-corrected chi connectivity index (χ3v) is 2.85. The Kier molecular flexibility index (Phi) is 5.38. The summed E-state index contributed by atoms with van der Waals surface area (Å²) < 4.78 is 10.9. The van der Waals surface area contributed by atoms with Gasteiger partial charge in [-0.3, -0.25) is 0 Å². The Labute approximate surface area is 119 Å². The van der Waals surface area contributed by atoms with Crippen LogP contribution < -0.4 is 10.1 Å². The van der Waals surface area contributed by atoms with E-state index in [1.807, 2.05) is 43.3 Å². The molecule has 1 heterocycles. The first-order valence-corrected chi connectivity index (χ1v) is 6.71. The molecule has 2 rings (SSSR count). The number of methoxy groups -OCH3 is 1. The van der Waals surface area contributed by atoms with Crippen molar-refractivity contribution in [3.8, 4) is 5.75 Å². The smallest absolute Gasteiger partial charge is 0.126 e. The van der Waals surface area contributed by atoms with E-state index in [1.165, 1.54) is 0 Å². The maximum Gasteiger partial charge on any atom is 0.126 e. The molecule has 1 aromatic heterocycles. The first kappa shape index (κ1) is 14.3. The van der Waals surface area contributed by atoms with Crippen molar-refractivity contribution in [2.45, 2.75) is 20.1 Å². The summed E-state index contributed by atoms with van der Waals surface area (Å²) in [4.78, 5) is 4.23. The molecule has 0 fully saturated rings. The van der Waals surface area contributed by atoms with Crippen LogP contribution in [-0.2, 0) is 18.0 Å². The lowest BCUT2D eigenvalue weighted by Gasteiger charge is -2.08. The van der Waals surface area contributed by atoms with Crippen LogP contribution in [0.15, 0.2) is 42.6 Å². The van der Waals surface area contributed by atoms with Crippen LogP contribution in [0.1, 0.15) is 18.1 Å². The molecule has 0 saturated heterocycles. The zero-order valence-corrected chi connectivity index (χ0v) is 11.9. The third kappa shape index (κ3) is 4.24. The highest BCUT2D eigenvalue weighted by molar-refractivity contribution is 5.37. The van der Waals surface area contributed by atoms with Gasteiger partial charge in [0.1, 0.15) is 11.6 Å². The second kappa shape index (κ2) is 7.50. The van der Waals surface area contributed by atoms with Gasteiger partial charge in [0.15, 0.2) is 0 Å². The van der Waals surface area contributed by atoms with Gasteiger partial charge in [-0.1, -0.05) is 12.1 Å². The van der Waals surface area contributed by atoms with Crippen molar-refractivity contribution >= 4 is 5.82 Å². The Balaban J connectivity index is 1.87. The third-order valence-electron chi connectivity index (χ3n) is 2.85. The molecule has 0 aliphatic heterocycles. The minimum absolute atomic E-state index is 0.566. The van der Waals surface area contributed by atoms with E-state index in [2.05, 4.69) is 10.3 Å². The van der Waals surface area contributed by atoms with Crippen LogP contribution in [-0.4, -0.2) is 18.6 Å². The van der Waals surface area contributed by atoms with Gasteiger partial charge in [-0.2, -0.15) is 0 Å². The Bertz CT molecular complexity index is 544. The number of anilines is 1. The number of ether oxygens (including phenoxy) is 2. The molecule has 0 bridgehead atoms. The Morgan fingerprint density at radius 1 is 1.10 bits per heavy atom. The highest BCUT2D eigenvalue weighted by Gasteiger charge is 1.99. The fourth-order valence-corrected chi connectivity index (χ4v) is 1.89. The second-order valence-electron chi connectivity index (χ2n) is 4.42. The normalized spacial score (nSPS) is 10.3. The number of rotatable bonds is 7. The largest absolute Gasteiger partial charge is 0.497 e. The molecule has 106 valence electrons. The van der Waals surface area contributed by atoms with Crippen molar-refractivity contribution in [3.05, 3.63) is 53.7 Å². The van der Waals surface area contributed by atoms with E-state index in [0.29, 0.717) is 13.2 Å². The van der Waals surface area contributed by atoms with Gasteiger partial charge >= 0.3 is 0 Å². The molecule has 1 aromatic carbocycles. The molecule has 0 radical (unpaired) electrons. The minimum Gasteiger partial charge on any atom is -0.497 e. The highest BCUT2D eigenvalue weighted by atomic mass is 16.5. The van der Waals surface area contributed by atoms with Crippen molar-refractivity contribution in [3.63, 3.8) is 0 Å². The van der Waals surface area contributed by atoms with Crippen LogP contribution in [0.5, 0.6) is 5.75 Å². The number of hydrogen-bond acceptors (Lipinski definition) is 4. The molecule has 0 amide bonds. The molecule has 1 N–H and O–H groups in total. The van der Waals surface area contributed by atoms with Crippen molar-refractivity contribution in [2.24, 2.45) is 0 Å². The van der Waals surface area contributed by atoms with E-state index in [-0.39, 0.29) is 0 Å². The van der Waals surface area contributed by atoms with Gasteiger partial charge in [0.2, 0.25) is 0 Å². The summed E-state index contributed by atoms with van der Waals surface area (Å²) in [5.74, 6) is 1.74. The number of nitrogens with zero attached hydrogens (tertiary/aromatic N) is 1. The van der Waals surface area contributed by atoms with Gasteiger partial charge in [-0.15, -0.1) is 0 Å². The average molecular weight is 272 g/mol. The van der Waals surface area contributed by atoms with Crippen LogP contribution in [0.2, 0.25) is 0 Å². The molecule has 0 aliphatic carbocycles. The molecule has 4 heteroatoms. The van der Waals surface area contributed by atoms with Crippen molar-refractivity contribution < 1.29 is 9.47 Å². The number of pyridine rings is 1. The van der Waals surface area contributed by atoms with Crippen LogP contribution in [0.3, 0.4) is 0 Å². The predicted octanol–water partition coefficient (Wildman–Crippen LogP) is 3.24.